The molecule has 394 valence electrons. The second-order valence-corrected chi connectivity index (χ2v) is 17.4. The summed E-state index contributed by atoms with van der Waals surface area (Å²) < 4.78 is 82.4. The van der Waals surface area contributed by atoms with Gasteiger partial charge in [-0.05, 0) is 61.0 Å². The SMILES string of the molecule is COC(C)C(=O)OC(C)C(=O)C(C)(C)OCC1(COC(C)=O)OC(OC)C(OC)C1O.COC(C)C(=O)OC(C)C(=O)C(C)(C)OCC1(COC(C)=O)OC(OC)C(OC)C1OCc1ccccc1. The molecule has 22 heteroatoms. The maximum Gasteiger partial charge on any atom is 0.335 e. The van der Waals surface area contributed by atoms with Crippen LogP contribution in [-0.2, 0) is 106 Å². The molecule has 2 fully saturated rings. The van der Waals surface area contributed by atoms with Crippen LogP contribution >= 0.6 is 0 Å². The van der Waals surface area contributed by atoms with Crippen LogP contribution in [0.5, 0.6) is 0 Å². The molecule has 12 atom stereocenters. The molecule has 0 amide bonds. The molecule has 22 nitrogen and oxygen atoms in total. The Kier molecular flexibility index (Phi) is 24.4. The van der Waals surface area contributed by atoms with Gasteiger partial charge in [-0.3, -0.25) is 19.2 Å². The number of carbonyl (C=O) groups is 6. The molecule has 0 saturated carbocycles. The molecule has 1 N–H and O–H groups in total. The fourth-order valence-electron chi connectivity index (χ4n) is 7.04. The van der Waals surface area contributed by atoms with Crippen molar-refractivity contribution in [3.05, 3.63) is 35.9 Å². The minimum absolute atomic E-state index is 0.208. The maximum absolute atomic E-state index is 13.2. The third-order valence-corrected chi connectivity index (χ3v) is 11.5. The van der Waals surface area contributed by atoms with E-state index in [1.54, 1.807) is 13.8 Å². The smallest absolute Gasteiger partial charge is 0.335 e. The number of carbonyl (C=O) groups excluding carboxylic acids is 6. The molecule has 69 heavy (non-hydrogen) atoms. The van der Waals surface area contributed by atoms with E-state index in [2.05, 4.69) is 0 Å². The van der Waals surface area contributed by atoms with Crippen molar-refractivity contribution in [2.75, 3.05) is 69.1 Å². The van der Waals surface area contributed by atoms with Gasteiger partial charge in [0.25, 0.3) is 0 Å². The van der Waals surface area contributed by atoms with Crippen molar-refractivity contribution in [1.29, 1.82) is 0 Å². The van der Waals surface area contributed by atoms with Crippen molar-refractivity contribution in [2.45, 2.75) is 160 Å². The Labute approximate surface area is 404 Å². The predicted octanol–water partition coefficient (Wildman–Crippen LogP) is 2.22. The van der Waals surface area contributed by atoms with Gasteiger partial charge in [0.2, 0.25) is 11.6 Å². The topological polar surface area (TPSA) is 261 Å². The maximum atomic E-state index is 13.2. The Balaban J connectivity index is 0.000000484. The van der Waals surface area contributed by atoms with Gasteiger partial charge in [0, 0.05) is 56.5 Å². The third kappa shape index (κ3) is 16.8. The van der Waals surface area contributed by atoms with Gasteiger partial charge in [-0.1, -0.05) is 30.3 Å². The highest BCUT2D eigenvalue weighted by Crippen LogP contribution is 2.39. The monoisotopic (exact) mass is 990 g/mol. The standard InChI is InChI=1S/C27H40O11.C20H34O11/c1-17(37-24(30)18(2)31-6)22(29)26(4,5)36-16-27(15-35-19(3)28)23(21(32-7)25(33-8)38-27)34-14-20-12-10-9-11-13-20;1-11(30-17(24)12(2)25-6)15(22)19(4,5)29-10-20(9-28-13(3)21)16(23)14(26-7)18(27-8)31-20/h9-13,17-18,21,23,25H,14-16H2,1-8H3;11-12,14,16,18,23H,9-10H2,1-8H3. The number of aliphatic hydroxyl groups is 1. The van der Waals surface area contributed by atoms with Gasteiger partial charge in [-0.15, -0.1) is 0 Å². The Morgan fingerprint density at radius 2 is 1.00 bits per heavy atom. The lowest BCUT2D eigenvalue weighted by Gasteiger charge is -2.37. The van der Waals surface area contributed by atoms with Crippen LogP contribution in [0.15, 0.2) is 30.3 Å². The first-order valence-corrected chi connectivity index (χ1v) is 22.2. The molecule has 1 aromatic carbocycles. The Hall–Kier alpha value is -4.04. The van der Waals surface area contributed by atoms with Gasteiger partial charge in [-0.2, -0.15) is 0 Å². The summed E-state index contributed by atoms with van der Waals surface area (Å²) in [5.41, 5.74) is -4.88. The van der Waals surface area contributed by atoms with Crippen LogP contribution in [0.1, 0.15) is 74.8 Å². The summed E-state index contributed by atoms with van der Waals surface area (Å²) in [6.45, 7) is 13.5. The molecule has 2 saturated heterocycles. The van der Waals surface area contributed by atoms with E-state index in [9.17, 15) is 33.9 Å². The zero-order valence-electron chi connectivity index (χ0n) is 42.7. The second kappa shape index (κ2) is 27.5. The van der Waals surface area contributed by atoms with Crippen molar-refractivity contribution in [2.24, 2.45) is 0 Å². The summed E-state index contributed by atoms with van der Waals surface area (Å²) in [7, 11) is 8.41. The van der Waals surface area contributed by atoms with Crippen LogP contribution in [-0.4, -0.2) is 193 Å². The van der Waals surface area contributed by atoms with Crippen molar-refractivity contribution in [3.63, 3.8) is 0 Å². The second-order valence-electron chi connectivity index (χ2n) is 17.4. The number of esters is 4. The molecule has 0 radical (unpaired) electrons. The van der Waals surface area contributed by atoms with E-state index in [-0.39, 0.29) is 33.0 Å². The number of ether oxygens (including phenoxy) is 15. The number of Topliss-reactive ketones (excluding diaryl/α,β-unsaturated/α-hetero) is 2. The highest BCUT2D eigenvalue weighted by Gasteiger charge is 2.60. The summed E-state index contributed by atoms with van der Waals surface area (Å²) in [5.74, 6) is -3.49. The highest BCUT2D eigenvalue weighted by atomic mass is 16.8. The number of rotatable bonds is 27. The first kappa shape index (κ1) is 61.1. The first-order chi connectivity index (χ1) is 32.2. The molecular weight excluding hydrogens is 916 g/mol. The summed E-state index contributed by atoms with van der Waals surface area (Å²) in [4.78, 5) is 73.1. The summed E-state index contributed by atoms with van der Waals surface area (Å²) in [6, 6.07) is 9.49. The van der Waals surface area contributed by atoms with E-state index >= 15 is 0 Å². The van der Waals surface area contributed by atoms with E-state index in [0.29, 0.717) is 0 Å². The normalized spacial score (nSPS) is 26.4. The Bertz CT molecular complexity index is 1810. The Morgan fingerprint density at radius 3 is 1.39 bits per heavy atom. The summed E-state index contributed by atoms with van der Waals surface area (Å²) in [6.07, 6.45) is -9.35. The van der Waals surface area contributed by atoms with E-state index in [1.807, 2.05) is 30.3 Å². The molecule has 2 aliphatic rings. The fourth-order valence-corrected chi connectivity index (χ4v) is 7.04. The van der Waals surface area contributed by atoms with Crippen LogP contribution in [0, 0.1) is 0 Å². The van der Waals surface area contributed by atoms with Gasteiger partial charge < -0.3 is 76.2 Å². The lowest BCUT2D eigenvalue weighted by Crippen LogP contribution is -2.55. The number of hydrogen-bond acceptors (Lipinski definition) is 22. The van der Waals surface area contributed by atoms with Gasteiger partial charge in [0.1, 0.15) is 48.8 Å². The molecule has 1 aromatic rings. The van der Waals surface area contributed by atoms with Crippen molar-refractivity contribution in [3.8, 4) is 0 Å². The van der Waals surface area contributed by atoms with Crippen molar-refractivity contribution in [1.82, 2.24) is 0 Å². The van der Waals surface area contributed by atoms with E-state index in [1.165, 1.54) is 98.0 Å². The number of benzene rings is 1. The first-order valence-electron chi connectivity index (χ1n) is 22.2. The van der Waals surface area contributed by atoms with Gasteiger partial charge >= 0.3 is 23.9 Å². The van der Waals surface area contributed by atoms with Crippen LogP contribution in [0.2, 0.25) is 0 Å². The van der Waals surface area contributed by atoms with Gasteiger partial charge in [0.05, 0.1) is 19.8 Å². The van der Waals surface area contributed by atoms with Crippen molar-refractivity contribution < 1.29 is 105 Å². The minimum atomic E-state index is -1.55. The van der Waals surface area contributed by atoms with Crippen LogP contribution in [0.3, 0.4) is 0 Å². The average Bonchev–Trinajstić information content (AvgIpc) is 3.79. The van der Waals surface area contributed by atoms with E-state index < -0.39 is 119 Å². The molecule has 12 unspecified atom stereocenters. The fraction of sp³-hybridized carbons (Fsp3) is 0.745. The average molecular weight is 991 g/mol. The summed E-state index contributed by atoms with van der Waals surface area (Å²) in [5, 5.41) is 10.8. The number of ketones is 2. The molecule has 0 aliphatic carbocycles. The van der Waals surface area contributed by atoms with Crippen LogP contribution in [0.4, 0.5) is 0 Å². The third-order valence-electron chi connectivity index (χ3n) is 11.5. The van der Waals surface area contributed by atoms with E-state index in [0.717, 1.165) is 5.56 Å². The van der Waals surface area contributed by atoms with Gasteiger partial charge in [0.15, 0.2) is 48.2 Å². The van der Waals surface area contributed by atoms with Crippen molar-refractivity contribution >= 4 is 35.4 Å². The zero-order valence-corrected chi connectivity index (χ0v) is 42.7. The Morgan fingerprint density at radius 1 is 0.594 bits per heavy atom. The zero-order chi connectivity index (χ0) is 52.5. The molecule has 0 spiro atoms. The molecular formula is C47H74O22. The molecule has 3 rings (SSSR count). The van der Waals surface area contributed by atoms with E-state index in [4.69, 9.17) is 71.1 Å². The largest absolute Gasteiger partial charge is 0.463 e. The number of hydrogen-bond donors (Lipinski definition) is 1. The van der Waals surface area contributed by atoms with Gasteiger partial charge in [-0.25, -0.2) is 9.59 Å². The molecule has 0 bridgehead atoms. The van der Waals surface area contributed by atoms with Crippen LogP contribution in [0.25, 0.3) is 0 Å². The lowest BCUT2D eigenvalue weighted by molar-refractivity contribution is -0.225. The predicted molar refractivity (Wildman–Crippen MR) is 239 cm³/mol. The van der Waals surface area contributed by atoms with Crippen LogP contribution < -0.4 is 0 Å². The molecule has 0 aromatic heterocycles. The lowest BCUT2D eigenvalue weighted by atomic mass is 9.94. The quantitative estimate of drug-likeness (QED) is 0.0979. The highest BCUT2D eigenvalue weighted by molar-refractivity contribution is 5.92. The molecule has 2 heterocycles. The number of aliphatic hydroxyl groups excluding tert-OH is 1. The minimum Gasteiger partial charge on any atom is -0.463 e. The number of methoxy groups -OCH3 is 6. The molecule has 2 aliphatic heterocycles. The summed E-state index contributed by atoms with van der Waals surface area (Å²) >= 11 is 0.